The zero-order valence-electron chi connectivity index (χ0n) is 12.6. The van der Waals surface area contributed by atoms with Crippen molar-refractivity contribution in [3.8, 4) is 11.5 Å². The predicted molar refractivity (Wildman–Crippen MR) is 83.9 cm³/mol. The first-order valence-corrected chi connectivity index (χ1v) is 8.18. The topological polar surface area (TPSA) is 71.6 Å². The van der Waals surface area contributed by atoms with Crippen LogP contribution in [0.2, 0.25) is 5.02 Å². The molecular weight excluding hydrogens is 318 g/mol. The van der Waals surface area contributed by atoms with Crippen molar-refractivity contribution in [2.45, 2.75) is 37.6 Å². The molecule has 0 spiro atoms. The van der Waals surface area contributed by atoms with Gasteiger partial charge in [0.1, 0.15) is 0 Å². The van der Waals surface area contributed by atoms with Gasteiger partial charge in [0.15, 0.2) is 5.82 Å². The third-order valence-electron chi connectivity index (χ3n) is 4.33. The number of rotatable bonds is 5. The van der Waals surface area contributed by atoms with E-state index in [4.69, 9.17) is 20.9 Å². The van der Waals surface area contributed by atoms with Crippen LogP contribution in [0.5, 0.6) is 0 Å². The van der Waals surface area contributed by atoms with Gasteiger partial charge in [-0.3, -0.25) is 4.90 Å². The molecular formula is C16H18ClN3O3. The zero-order valence-corrected chi connectivity index (χ0v) is 13.3. The van der Waals surface area contributed by atoms with Crippen LogP contribution in [-0.4, -0.2) is 51.5 Å². The lowest BCUT2D eigenvalue weighted by molar-refractivity contribution is 0.0702. The molecule has 2 aliphatic rings. The van der Waals surface area contributed by atoms with Gasteiger partial charge in [0.05, 0.1) is 31.9 Å². The normalized spacial score (nSPS) is 24.5. The van der Waals surface area contributed by atoms with Gasteiger partial charge in [0.2, 0.25) is 0 Å². The number of aromatic nitrogens is 2. The predicted octanol–water partition coefficient (Wildman–Crippen LogP) is 2.11. The van der Waals surface area contributed by atoms with Crippen molar-refractivity contribution in [2.24, 2.45) is 0 Å². The summed E-state index contributed by atoms with van der Waals surface area (Å²) in [4.78, 5) is 6.71. The summed E-state index contributed by atoms with van der Waals surface area (Å²) in [6.45, 7) is 1.50. The van der Waals surface area contributed by atoms with Crippen molar-refractivity contribution in [2.75, 3.05) is 13.2 Å². The Labute approximate surface area is 139 Å². The van der Waals surface area contributed by atoms with E-state index in [1.165, 1.54) is 0 Å². The van der Waals surface area contributed by atoms with Crippen LogP contribution in [0.25, 0.3) is 11.5 Å². The fraction of sp³-hybridized carbons (Fsp3) is 0.500. The Hall–Kier alpha value is -1.47. The molecule has 122 valence electrons. The van der Waals surface area contributed by atoms with E-state index in [9.17, 15) is 5.11 Å². The highest BCUT2D eigenvalue weighted by Gasteiger charge is 2.40. The lowest BCUT2D eigenvalue weighted by Gasteiger charge is -2.28. The summed E-state index contributed by atoms with van der Waals surface area (Å²) >= 11 is 6.00. The first kappa shape index (κ1) is 15.1. The molecule has 2 fully saturated rings. The minimum Gasteiger partial charge on any atom is -0.389 e. The fourth-order valence-electron chi connectivity index (χ4n) is 2.99. The van der Waals surface area contributed by atoms with E-state index in [1.807, 2.05) is 12.1 Å². The van der Waals surface area contributed by atoms with Crippen LogP contribution in [0, 0.1) is 0 Å². The molecule has 1 N–H and O–H groups in total. The zero-order chi connectivity index (χ0) is 15.8. The molecule has 1 aromatic heterocycles. The molecule has 1 aliphatic carbocycles. The third-order valence-corrected chi connectivity index (χ3v) is 4.56. The maximum absolute atomic E-state index is 10.1. The van der Waals surface area contributed by atoms with Crippen LogP contribution in [0.4, 0.5) is 0 Å². The van der Waals surface area contributed by atoms with E-state index in [0.29, 0.717) is 42.5 Å². The average Bonchev–Trinajstić information content (AvgIpc) is 3.12. The second-order valence-corrected chi connectivity index (χ2v) is 6.54. The van der Waals surface area contributed by atoms with Gasteiger partial charge in [-0.1, -0.05) is 22.8 Å². The van der Waals surface area contributed by atoms with E-state index in [1.54, 1.807) is 12.1 Å². The largest absolute Gasteiger partial charge is 0.389 e. The summed E-state index contributed by atoms with van der Waals surface area (Å²) in [5.41, 5.74) is 0.804. The molecule has 0 radical (unpaired) electrons. The first-order chi connectivity index (χ1) is 11.2. The molecule has 23 heavy (non-hydrogen) atoms. The fourth-order valence-corrected chi connectivity index (χ4v) is 3.18. The SMILES string of the molecule is O[C@@H]1COC[C@H]1N(Cc1noc(-c2cccc(Cl)c2)n1)C1CC1. The van der Waals surface area contributed by atoms with E-state index in [0.717, 1.165) is 18.4 Å². The van der Waals surface area contributed by atoms with Gasteiger partial charge in [-0.15, -0.1) is 0 Å². The van der Waals surface area contributed by atoms with Crippen molar-refractivity contribution in [3.63, 3.8) is 0 Å². The van der Waals surface area contributed by atoms with E-state index in [2.05, 4.69) is 15.0 Å². The number of hydrogen-bond acceptors (Lipinski definition) is 6. The van der Waals surface area contributed by atoms with Gasteiger partial charge < -0.3 is 14.4 Å². The quantitative estimate of drug-likeness (QED) is 0.902. The van der Waals surface area contributed by atoms with Crippen LogP contribution in [0.3, 0.4) is 0 Å². The minimum atomic E-state index is -0.449. The Balaban J connectivity index is 1.52. The summed E-state index contributed by atoms with van der Waals surface area (Å²) in [5.74, 6) is 1.08. The lowest BCUT2D eigenvalue weighted by Crippen LogP contribution is -2.44. The van der Waals surface area contributed by atoms with Crippen molar-refractivity contribution in [1.82, 2.24) is 15.0 Å². The second kappa shape index (κ2) is 6.20. The summed E-state index contributed by atoms with van der Waals surface area (Å²) in [6.07, 6.45) is 1.83. The number of ether oxygens (including phenoxy) is 1. The highest BCUT2D eigenvalue weighted by Crippen LogP contribution is 2.32. The van der Waals surface area contributed by atoms with E-state index in [-0.39, 0.29) is 6.04 Å². The van der Waals surface area contributed by atoms with Crippen molar-refractivity contribution >= 4 is 11.6 Å². The highest BCUT2D eigenvalue weighted by atomic mass is 35.5. The minimum absolute atomic E-state index is 0.00983. The monoisotopic (exact) mass is 335 g/mol. The number of aliphatic hydroxyl groups excluding tert-OH is 1. The molecule has 1 saturated heterocycles. The number of benzene rings is 1. The third kappa shape index (κ3) is 3.26. The highest BCUT2D eigenvalue weighted by molar-refractivity contribution is 6.30. The molecule has 7 heteroatoms. The Morgan fingerprint density at radius 2 is 2.17 bits per heavy atom. The summed E-state index contributed by atoms with van der Waals surface area (Å²) in [7, 11) is 0. The number of aliphatic hydroxyl groups is 1. The molecule has 2 aromatic rings. The molecule has 0 unspecified atom stereocenters. The summed E-state index contributed by atoms with van der Waals surface area (Å²) < 4.78 is 10.7. The van der Waals surface area contributed by atoms with Crippen molar-refractivity contribution < 1.29 is 14.4 Å². The van der Waals surface area contributed by atoms with Gasteiger partial charge in [-0.05, 0) is 31.0 Å². The molecule has 2 atom stereocenters. The van der Waals surface area contributed by atoms with Crippen LogP contribution >= 0.6 is 11.6 Å². The first-order valence-electron chi connectivity index (χ1n) is 7.81. The summed E-state index contributed by atoms with van der Waals surface area (Å²) in [6, 6.07) is 7.82. The van der Waals surface area contributed by atoms with Crippen molar-refractivity contribution in [3.05, 3.63) is 35.1 Å². The number of nitrogens with zero attached hydrogens (tertiary/aromatic N) is 3. The van der Waals surface area contributed by atoms with E-state index >= 15 is 0 Å². The Kier molecular flexibility index (Phi) is 4.07. The lowest BCUT2D eigenvalue weighted by atomic mass is 10.1. The van der Waals surface area contributed by atoms with Crippen LogP contribution < -0.4 is 0 Å². The average molecular weight is 336 g/mol. The van der Waals surface area contributed by atoms with Crippen LogP contribution in [0.15, 0.2) is 28.8 Å². The molecule has 0 bridgehead atoms. The van der Waals surface area contributed by atoms with E-state index < -0.39 is 6.10 Å². The van der Waals surface area contributed by atoms with Crippen molar-refractivity contribution in [1.29, 1.82) is 0 Å². The Morgan fingerprint density at radius 1 is 1.30 bits per heavy atom. The van der Waals surface area contributed by atoms with Crippen LogP contribution in [-0.2, 0) is 11.3 Å². The maximum Gasteiger partial charge on any atom is 0.258 e. The second-order valence-electron chi connectivity index (χ2n) is 6.10. The molecule has 0 amide bonds. The molecule has 1 saturated carbocycles. The molecule has 2 heterocycles. The van der Waals surface area contributed by atoms with Crippen LogP contribution in [0.1, 0.15) is 18.7 Å². The Bertz CT molecular complexity index is 689. The summed E-state index contributed by atoms with van der Waals surface area (Å²) in [5, 5.41) is 14.8. The van der Waals surface area contributed by atoms with Gasteiger partial charge in [0.25, 0.3) is 5.89 Å². The van der Waals surface area contributed by atoms with Gasteiger partial charge in [-0.25, -0.2) is 0 Å². The van der Waals surface area contributed by atoms with Gasteiger partial charge >= 0.3 is 0 Å². The smallest absolute Gasteiger partial charge is 0.258 e. The standard InChI is InChI=1S/C16H18ClN3O3/c17-11-3-1-2-10(6-11)16-18-15(19-23-16)7-20(12-4-5-12)13-8-22-9-14(13)21/h1-3,6,12-14,21H,4-5,7-9H2/t13-,14-/m1/s1. The molecule has 4 rings (SSSR count). The number of halogens is 1. The molecule has 1 aromatic carbocycles. The molecule has 1 aliphatic heterocycles. The number of hydrogen-bond donors (Lipinski definition) is 1. The van der Waals surface area contributed by atoms with Gasteiger partial charge in [0, 0.05) is 16.6 Å². The maximum atomic E-state index is 10.1. The Morgan fingerprint density at radius 3 is 2.87 bits per heavy atom. The van der Waals surface area contributed by atoms with Gasteiger partial charge in [-0.2, -0.15) is 4.98 Å². The molecule has 6 nitrogen and oxygen atoms in total.